The molecule has 0 bridgehead atoms. The van der Waals surface area contributed by atoms with Gasteiger partial charge in [0.1, 0.15) is 5.69 Å². The van der Waals surface area contributed by atoms with Gasteiger partial charge in [0.05, 0.1) is 22.2 Å². The van der Waals surface area contributed by atoms with E-state index in [1.165, 1.54) is 6.07 Å². The number of benzene rings is 1. The third-order valence-electron chi connectivity index (χ3n) is 2.60. The van der Waals surface area contributed by atoms with Crippen molar-refractivity contribution in [1.82, 2.24) is 4.98 Å². The standard InChI is InChI=1S/C12H12BrN3O2S/c1-7-11(15-8(2)19-7)6-14-10-4-3-9(13)5-12(10)16(17)18/h3-5,14H,6H2,1-2H3. The molecule has 0 atom stereocenters. The average Bonchev–Trinajstić information content (AvgIpc) is 2.66. The maximum atomic E-state index is 11.0. The Hall–Kier alpha value is -1.47. The third-order valence-corrected chi connectivity index (χ3v) is 4.02. The predicted molar refractivity (Wildman–Crippen MR) is 79.7 cm³/mol. The molecular weight excluding hydrogens is 330 g/mol. The Balaban J connectivity index is 2.20. The lowest BCUT2D eigenvalue weighted by molar-refractivity contribution is -0.384. The normalized spacial score (nSPS) is 10.5. The molecule has 0 spiro atoms. The Morgan fingerprint density at radius 3 is 2.79 bits per heavy atom. The predicted octanol–water partition coefficient (Wildman–Crippen LogP) is 4.04. The highest BCUT2D eigenvalue weighted by Crippen LogP contribution is 2.28. The molecule has 0 amide bonds. The van der Waals surface area contributed by atoms with E-state index in [9.17, 15) is 10.1 Å². The fourth-order valence-electron chi connectivity index (χ4n) is 1.72. The number of nitro groups is 1. The lowest BCUT2D eigenvalue weighted by Crippen LogP contribution is -2.04. The maximum absolute atomic E-state index is 11.0. The van der Waals surface area contributed by atoms with E-state index in [1.807, 2.05) is 13.8 Å². The molecule has 0 radical (unpaired) electrons. The molecule has 1 heterocycles. The van der Waals surface area contributed by atoms with Crippen LogP contribution in [0.15, 0.2) is 22.7 Å². The molecule has 0 unspecified atom stereocenters. The minimum absolute atomic E-state index is 0.0546. The number of rotatable bonds is 4. The van der Waals surface area contributed by atoms with Crippen molar-refractivity contribution in [3.63, 3.8) is 0 Å². The van der Waals surface area contributed by atoms with E-state index in [4.69, 9.17) is 0 Å². The number of hydrogen-bond acceptors (Lipinski definition) is 5. The molecule has 1 aromatic carbocycles. The van der Waals surface area contributed by atoms with Gasteiger partial charge in [0, 0.05) is 15.4 Å². The van der Waals surface area contributed by atoms with Gasteiger partial charge in [0.15, 0.2) is 0 Å². The van der Waals surface area contributed by atoms with Gasteiger partial charge in [0.2, 0.25) is 0 Å². The van der Waals surface area contributed by atoms with Gasteiger partial charge in [-0.2, -0.15) is 0 Å². The summed E-state index contributed by atoms with van der Waals surface area (Å²) in [6.45, 7) is 4.43. The van der Waals surface area contributed by atoms with Crippen molar-refractivity contribution in [3.05, 3.63) is 48.4 Å². The molecule has 100 valence electrons. The van der Waals surface area contributed by atoms with Gasteiger partial charge in [-0.1, -0.05) is 15.9 Å². The lowest BCUT2D eigenvalue weighted by atomic mass is 10.2. The van der Waals surface area contributed by atoms with Crippen molar-refractivity contribution in [1.29, 1.82) is 0 Å². The van der Waals surface area contributed by atoms with Crippen LogP contribution < -0.4 is 5.32 Å². The number of aromatic nitrogens is 1. The zero-order chi connectivity index (χ0) is 14.0. The van der Waals surface area contributed by atoms with Crippen molar-refractivity contribution in [2.24, 2.45) is 0 Å². The monoisotopic (exact) mass is 341 g/mol. The third kappa shape index (κ3) is 3.30. The fourth-order valence-corrected chi connectivity index (χ4v) is 2.90. The van der Waals surface area contributed by atoms with E-state index in [2.05, 4.69) is 26.2 Å². The highest BCUT2D eigenvalue weighted by Gasteiger charge is 2.14. The summed E-state index contributed by atoms with van der Waals surface area (Å²) in [5, 5.41) is 15.1. The Kier molecular flexibility index (Phi) is 4.16. The van der Waals surface area contributed by atoms with E-state index in [1.54, 1.807) is 23.5 Å². The van der Waals surface area contributed by atoms with Crippen molar-refractivity contribution < 1.29 is 4.92 Å². The molecule has 2 aromatic rings. The summed E-state index contributed by atoms with van der Waals surface area (Å²) < 4.78 is 0.686. The van der Waals surface area contributed by atoms with Crippen LogP contribution >= 0.6 is 27.3 Å². The van der Waals surface area contributed by atoms with Crippen molar-refractivity contribution in [2.75, 3.05) is 5.32 Å². The van der Waals surface area contributed by atoms with Crippen LogP contribution in [-0.4, -0.2) is 9.91 Å². The molecule has 0 aliphatic carbocycles. The van der Waals surface area contributed by atoms with Crippen LogP contribution in [0.5, 0.6) is 0 Å². The van der Waals surface area contributed by atoms with E-state index in [0.717, 1.165) is 15.6 Å². The largest absolute Gasteiger partial charge is 0.374 e. The zero-order valence-electron chi connectivity index (χ0n) is 10.4. The molecule has 0 saturated carbocycles. The Morgan fingerprint density at radius 1 is 1.47 bits per heavy atom. The average molecular weight is 342 g/mol. The Labute approximate surface area is 123 Å². The van der Waals surface area contributed by atoms with E-state index >= 15 is 0 Å². The van der Waals surface area contributed by atoms with Crippen LogP contribution in [0.4, 0.5) is 11.4 Å². The van der Waals surface area contributed by atoms with Crippen molar-refractivity contribution in [2.45, 2.75) is 20.4 Å². The number of hydrogen-bond donors (Lipinski definition) is 1. The second kappa shape index (κ2) is 5.66. The van der Waals surface area contributed by atoms with Crippen LogP contribution in [0.2, 0.25) is 0 Å². The number of nitrogens with one attached hydrogen (secondary N) is 1. The second-order valence-electron chi connectivity index (χ2n) is 4.01. The second-order valence-corrected chi connectivity index (χ2v) is 6.33. The molecule has 0 saturated heterocycles. The summed E-state index contributed by atoms with van der Waals surface area (Å²) >= 11 is 4.86. The molecule has 0 fully saturated rings. The van der Waals surface area contributed by atoms with Crippen LogP contribution in [0.1, 0.15) is 15.6 Å². The molecule has 1 aromatic heterocycles. The summed E-state index contributed by atoms with van der Waals surface area (Å²) in [5.74, 6) is 0. The first-order valence-corrected chi connectivity index (χ1v) is 7.19. The molecule has 19 heavy (non-hydrogen) atoms. The summed E-state index contributed by atoms with van der Waals surface area (Å²) in [5.41, 5.74) is 1.48. The number of anilines is 1. The number of aryl methyl sites for hydroxylation is 2. The van der Waals surface area contributed by atoms with Gasteiger partial charge in [-0.3, -0.25) is 10.1 Å². The summed E-state index contributed by atoms with van der Waals surface area (Å²) in [6, 6.07) is 4.95. The van der Waals surface area contributed by atoms with Gasteiger partial charge in [0.25, 0.3) is 5.69 Å². The van der Waals surface area contributed by atoms with Crippen molar-refractivity contribution >= 4 is 38.6 Å². The quantitative estimate of drug-likeness (QED) is 0.672. The highest BCUT2D eigenvalue weighted by molar-refractivity contribution is 9.10. The van der Waals surface area contributed by atoms with Gasteiger partial charge in [-0.25, -0.2) is 4.98 Å². The lowest BCUT2D eigenvalue weighted by Gasteiger charge is -2.06. The Bertz CT molecular complexity index is 627. The topological polar surface area (TPSA) is 68.1 Å². The minimum Gasteiger partial charge on any atom is -0.374 e. The molecule has 1 N–H and O–H groups in total. The first-order chi connectivity index (χ1) is 8.97. The number of halogens is 1. The van der Waals surface area contributed by atoms with E-state index in [0.29, 0.717) is 16.7 Å². The first kappa shape index (κ1) is 14.0. The number of thiazole rings is 1. The molecule has 5 nitrogen and oxygen atoms in total. The first-order valence-electron chi connectivity index (χ1n) is 5.58. The maximum Gasteiger partial charge on any atom is 0.293 e. The molecule has 0 aliphatic rings. The van der Waals surface area contributed by atoms with Gasteiger partial charge >= 0.3 is 0 Å². The number of nitro benzene ring substituents is 1. The summed E-state index contributed by atoms with van der Waals surface area (Å²) in [4.78, 5) is 16.1. The molecule has 0 aliphatic heterocycles. The molecular formula is C12H12BrN3O2S. The van der Waals surface area contributed by atoms with Gasteiger partial charge in [-0.15, -0.1) is 11.3 Å². The van der Waals surface area contributed by atoms with Crippen molar-refractivity contribution in [3.8, 4) is 0 Å². The van der Waals surface area contributed by atoms with Crippen LogP contribution in [0, 0.1) is 24.0 Å². The van der Waals surface area contributed by atoms with Gasteiger partial charge in [-0.05, 0) is 26.0 Å². The number of nitrogens with zero attached hydrogens (tertiary/aromatic N) is 2. The zero-order valence-corrected chi connectivity index (χ0v) is 12.8. The Morgan fingerprint density at radius 2 is 2.21 bits per heavy atom. The minimum atomic E-state index is -0.397. The smallest absolute Gasteiger partial charge is 0.293 e. The van der Waals surface area contributed by atoms with Crippen LogP contribution in [0.3, 0.4) is 0 Å². The molecule has 2 rings (SSSR count). The fraction of sp³-hybridized carbons (Fsp3) is 0.250. The summed E-state index contributed by atoms with van der Waals surface area (Å²) in [7, 11) is 0. The van der Waals surface area contributed by atoms with E-state index in [-0.39, 0.29) is 5.69 Å². The van der Waals surface area contributed by atoms with Crippen LogP contribution in [-0.2, 0) is 6.54 Å². The van der Waals surface area contributed by atoms with Gasteiger partial charge < -0.3 is 5.32 Å². The SMILES string of the molecule is Cc1nc(CNc2ccc(Br)cc2[N+](=O)[O-])c(C)s1. The van der Waals surface area contributed by atoms with E-state index < -0.39 is 4.92 Å². The summed E-state index contributed by atoms with van der Waals surface area (Å²) in [6.07, 6.45) is 0. The highest BCUT2D eigenvalue weighted by atomic mass is 79.9. The van der Waals surface area contributed by atoms with Crippen LogP contribution in [0.25, 0.3) is 0 Å². The molecule has 7 heteroatoms.